The highest BCUT2D eigenvalue weighted by Crippen LogP contribution is 2.57. The molecule has 4 rings (SSSR count). The van der Waals surface area contributed by atoms with Gasteiger partial charge in [0, 0.05) is 11.8 Å². The quantitative estimate of drug-likeness (QED) is 0.562. The fourth-order valence-corrected chi connectivity index (χ4v) is 4.72. The highest BCUT2D eigenvalue weighted by atomic mass is 16.3. The molecule has 0 aromatic heterocycles. The Hall–Kier alpha value is -2.74. The normalized spacial score (nSPS) is 21.1. The fourth-order valence-electron chi connectivity index (χ4n) is 4.72. The average molecular weight is 358 g/mol. The zero-order chi connectivity index (χ0) is 18.8. The zero-order valence-electron chi connectivity index (χ0n) is 15.7. The molecule has 27 heavy (non-hydrogen) atoms. The van der Waals surface area contributed by atoms with E-state index in [0.717, 1.165) is 6.42 Å². The number of phenolic OH excluding ortho intramolecular Hbond substituents is 2. The van der Waals surface area contributed by atoms with Crippen molar-refractivity contribution in [2.45, 2.75) is 43.9 Å². The summed E-state index contributed by atoms with van der Waals surface area (Å²) in [6.45, 7) is 2.23. The summed E-state index contributed by atoms with van der Waals surface area (Å²) in [5.74, 6) is 1.55. The van der Waals surface area contributed by atoms with Crippen LogP contribution in [0.5, 0.6) is 11.5 Å². The van der Waals surface area contributed by atoms with Gasteiger partial charge in [-0.3, -0.25) is 0 Å². The van der Waals surface area contributed by atoms with Crippen LogP contribution in [-0.4, -0.2) is 10.2 Å². The molecule has 0 spiro atoms. The van der Waals surface area contributed by atoms with E-state index in [2.05, 4.69) is 49.4 Å². The number of unbranched alkanes of at least 4 members (excludes halogenated alkanes) is 1. The van der Waals surface area contributed by atoms with Gasteiger partial charge in [-0.05, 0) is 58.9 Å². The van der Waals surface area contributed by atoms with Crippen LogP contribution in [0.3, 0.4) is 0 Å². The molecule has 0 amide bonds. The van der Waals surface area contributed by atoms with Crippen LogP contribution in [0, 0.1) is 0 Å². The lowest BCUT2D eigenvalue weighted by molar-refractivity contribution is 0.471. The Bertz CT molecular complexity index is 899. The van der Waals surface area contributed by atoms with Crippen LogP contribution in [0.15, 0.2) is 72.8 Å². The molecule has 0 bridgehead atoms. The van der Waals surface area contributed by atoms with Crippen molar-refractivity contribution in [3.05, 3.63) is 95.1 Å². The molecule has 2 heteroatoms. The standard InChI is InChI=1S/C25H26O2/c1-2-3-9-22-21-15-14-20(27)16-23(21)25(17-7-5-4-6-8-17)24(22)18-10-12-19(26)13-11-18/h4-8,10-16,22,24-27H,2-3,9H2,1H3. The molecule has 0 radical (unpaired) electrons. The highest BCUT2D eigenvalue weighted by molar-refractivity contribution is 5.53. The molecule has 3 aromatic rings. The number of rotatable bonds is 5. The van der Waals surface area contributed by atoms with E-state index in [0.29, 0.717) is 23.3 Å². The SMILES string of the molecule is CCCCC1c2ccc(O)cc2C(c2ccccc2)C1c1ccc(O)cc1. The molecule has 0 heterocycles. The lowest BCUT2D eigenvalue weighted by Gasteiger charge is -2.27. The van der Waals surface area contributed by atoms with Gasteiger partial charge >= 0.3 is 0 Å². The molecule has 0 saturated heterocycles. The van der Waals surface area contributed by atoms with Gasteiger partial charge in [-0.2, -0.15) is 0 Å². The summed E-state index contributed by atoms with van der Waals surface area (Å²) < 4.78 is 0. The molecule has 2 N–H and O–H groups in total. The maximum Gasteiger partial charge on any atom is 0.115 e. The lowest BCUT2D eigenvalue weighted by atomic mass is 9.76. The van der Waals surface area contributed by atoms with Gasteiger partial charge in [0.25, 0.3) is 0 Å². The summed E-state index contributed by atoms with van der Waals surface area (Å²) in [5, 5.41) is 20.0. The largest absolute Gasteiger partial charge is 0.508 e. The monoisotopic (exact) mass is 358 g/mol. The molecule has 138 valence electrons. The van der Waals surface area contributed by atoms with Crippen molar-refractivity contribution >= 4 is 0 Å². The number of hydrogen-bond acceptors (Lipinski definition) is 2. The van der Waals surface area contributed by atoms with Crippen LogP contribution in [0.2, 0.25) is 0 Å². The maximum absolute atomic E-state index is 10.2. The van der Waals surface area contributed by atoms with Crippen LogP contribution in [-0.2, 0) is 0 Å². The van der Waals surface area contributed by atoms with Crippen molar-refractivity contribution < 1.29 is 10.2 Å². The first-order valence-electron chi connectivity index (χ1n) is 9.85. The van der Waals surface area contributed by atoms with E-state index < -0.39 is 0 Å². The Morgan fingerprint density at radius 1 is 0.741 bits per heavy atom. The van der Waals surface area contributed by atoms with Crippen molar-refractivity contribution in [3.8, 4) is 11.5 Å². The summed E-state index contributed by atoms with van der Waals surface area (Å²) in [6, 6.07) is 24.2. The summed E-state index contributed by atoms with van der Waals surface area (Å²) in [5.41, 5.74) is 5.12. The Morgan fingerprint density at radius 2 is 1.44 bits per heavy atom. The van der Waals surface area contributed by atoms with Crippen LogP contribution in [0.1, 0.15) is 66.2 Å². The summed E-state index contributed by atoms with van der Waals surface area (Å²) >= 11 is 0. The highest BCUT2D eigenvalue weighted by Gasteiger charge is 2.41. The summed E-state index contributed by atoms with van der Waals surface area (Å²) in [4.78, 5) is 0. The van der Waals surface area contributed by atoms with Crippen molar-refractivity contribution in [3.63, 3.8) is 0 Å². The van der Waals surface area contributed by atoms with Crippen molar-refractivity contribution in [2.75, 3.05) is 0 Å². The topological polar surface area (TPSA) is 40.5 Å². The van der Waals surface area contributed by atoms with Crippen LogP contribution in [0.4, 0.5) is 0 Å². The molecule has 1 aliphatic rings. The van der Waals surface area contributed by atoms with Crippen LogP contribution in [0.25, 0.3) is 0 Å². The Labute approximate surface area is 161 Å². The second-order valence-electron chi connectivity index (χ2n) is 7.57. The van der Waals surface area contributed by atoms with Crippen LogP contribution >= 0.6 is 0 Å². The van der Waals surface area contributed by atoms with E-state index in [9.17, 15) is 10.2 Å². The number of fused-ring (bicyclic) bond motifs is 1. The Morgan fingerprint density at radius 3 is 2.15 bits per heavy atom. The summed E-state index contributed by atoms with van der Waals surface area (Å²) in [7, 11) is 0. The van der Waals surface area contributed by atoms with E-state index in [1.807, 2.05) is 18.2 Å². The molecule has 3 atom stereocenters. The van der Waals surface area contributed by atoms with Gasteiger partial charge < -0.3 is 10.2 Å². The number of benzene rings is 3. The third-order valence-electron chi connectivity index (χ3n) is 5.90. The third kappa shape index (κ3) is 3.32. The van der Waals surface area contributed by atoms with E-state index in [1.165, 1.54) is 35.1 Å². The van der Waals surface area contributed by atoms with Gasteiger partial charge in [-0.25, -0.2) is 0 Å². The Kier molecular flexibility index (Phi) is 4.89. The van der Waals surface area contributed by atoms with E-state index in [1.54, 1.807) is 12.1 Å². The second kappa shape index (κ2) is 7.48. The molecule has 3 unspecified atom stereocenters. The number of phenols is 2. The predicted molar refractivity (Wildman–Crippen MR) is 110 cm³/mol. The van der Waals surface area contributed by atoms with E-state index in [-0.39, 0.29) is 5.92 Å². The first-order valence-corrected chi connectivity index (χ1v) is 9.85. The molecular weight excluding hydrogens is 332 g/mol. The molecule has 1 aliphatic carbocycles. The van der Waals surface area contributed by atoms with Gasteiger partial charge in [0.2, 0.25) is 0 Å². The zero-order valence-corrected chi connectivity index (χ0v) is 15.7. The second-order valence-corrected chi connectivity index (χ2v) is 7.57. The molecule has 0 aliphatic heterocycles. The van der Waals surface area contributed by atoms with Gasteiger partial charge in [0.15, 0.2) is 0 Å². The minimum atomic E-state index is 0.208. The third-order valence-corrected chi connectivity index (χ3v) is 5.90. The molecule has 0 fully saturated rings. The smallest absolute Gasteiger partial charge is 0.115 e. The predicted octanol–water partition coefficient (Wildman–Crippen LogP) is 6.30. The van der Waals surface area contributed by atoms with Crippen LogP contribution < -0.4 is 0 Å². The fraction of sp³-hybridized carbons (Fsp3) is 0.280. The summed E-state index contributed by atoms with van der Waals surface area (Å²) in [6.07, 6.45) is 3.48. The van der Waals surface area contributed by atoms with E-state index >= 15 is 0 Å². The molecule has 2 nitrogen and oxygen atoms in total. The molecule has 3 aromatic carbocycles. The molecular formula is C25H26O2. The lowest BCUT2D eigenvalue weighted by Crippen LogP contribution is -2.12. The minimum Gasteiger partial charge on any atom is -0.508 e. The molecule has 0 saturated carbocycles. The van der Waals surface area contributed by atoms with Gasteiger partial charge in [-0.15, -0.1) is 0 Å². The number of aromatic hydroxyl groups is 2. The van der Waals surface area contributed by atoms with Crippen molar-refractivity contribution in [1.82, 2.24) is 0 Å². The number of hydrogen-bond donors (Lipinski definition) is 2. The van der Waals surface area contributed by atoms with Crippen molar-refractivity contribution in [1.29, 1.82) is 0 Å². The minimum absolute atomic E-state index is 0.208. The maximum atomic E-state index is 10.2. The first kappa shape index (κ1) is 17.7. The van der Waals surface area contributed by atoms with Gasteiger partial charge in [0.1, 0.15) is 11.5 Å². The van der Waals surface area contributed by atoms with Gasteiger partial charge in [0.05, 0.1) is 0 Å². The first-order chi connectivity index (χ1) is 13.2. The Balaban J connectivity index is 1.89. The van der Waals surface area contributed by atoms with Crippen molar-refractivity contribution in [2.24, 2.45) is 0 Å². The van der Waals surface area contributed by atoms with E-state index in [4.69, 9.17) is 0 Å². The average Bonchev–Trinajstić information content (AvgIpc) is 3.01. The van der Waals surface area contributed by atoms with Gasteiger partial charge in [-0.1, -0.05) is 68.3 Å².